The Balaban J connectivity index is 1.89. The van der Waals surface area contributed by atoms with Crippen molar-refractivity contribution in [1.82, 2.24) is 0 Å². The van der Waals surface area contributed by atoms with E-state index in [-0.39, 0.29) is 0 Å². The van der Waals surface area contributed by atoms with Crippen LogP contribution >= 0.6 is 0 Å². The van der Waals surface area contributed by atoms with Crippen LogP contribution in [0.1, 0.15) is 43.2 Å². The molecule has 1 aromatic carbocycles. The van der Waals surface area contributed by atoms with E-state index in [1.807, 2.05) is 12.1 Å². The summed E-state index contributed by atoms with van der Waals surface area (Å²) in [6.45, 7) is 4.97. The lowest BCUT2D eigenvalue weighted by atomic mass is 10.1. The van der Waals surface area contributed by atoms with Gasteiger partial charge in [-0.3, -0.25) is 0 Å². The first-order valence-corrected chi connectivity index (χ1v) is 6.66. The minimum absolute atomic E-state index is 0.822. The number of benzene rings is 1. The van der Waals surface area contributed by atoms with Gasteiger partial charge in [0.1, 0.15) is 5.75 Å². The van der Waals surface area contributed by atoms with Gasteiger partial charge in [0.25, 0.3) is 0 Å². The van der Waals surface area contributed by atoms with Gasteiger partial charge in [0.15, 0.2) is 0 Å². The molecule has 0 saturated heterocycles. The quantitative estimate of drug-likeness (QED) is 0.802. The average Bonchev–Trinajstić information content (AvgIpc) is 2.74. The maximum Gasteiger partial charge on any atom is 0.125 e. The summed E-state index contributed by atoms with van der Waals surface area (Å²) in [5.74, 6) is 1.92. The maximum absolute atomic E-state index is 5.93. The van der Waals surface area contributed by atoms with Crippen LogP contribution < -0.4 is 10.5 Å². The summed E-state index contributed by atoms with van der Waals surface area (Å²) in [5, 5.41) is 0. The molecule has 1 aliphatic carbocycles. The zero-order valence-electron chi connectivity index (χ0n) is 11.0. The number of anilines is 1. The van der Waals surface area contributed by atoms with Gasteiger partial charge in [-0.05, 0) is 49.4 Å². The monoisotopic (exact) mass is 233 g/mol. The first-order valence-electron chi connectivity index (χ1n) is 6.66. The van der Waals surface area contributed by atoms with E-state index in [1.54, 1.807) is 0 Å². The Kier molecular flexibility index (Phi) is 3.93. The Hall–Kier alpha value is -1.18. The molecule has 0 aromatic heterocycles. The van der Waals surface area contributed by atoms with E-state index in [1.165, 1.54) is 32.1 Å². The molecule has 2 rings (SSSR count). The first-order chi connectivity index (χ1) is 8.16. The number of hydrogen-bond acceptors (Lipinski definition) is 2. The van der Waals surface area contributed by atoms with Crippen LogP contribution in [0.15, 0.2) is 12.1 Å². The zero-order chi connectivity index (χ0) is 12.3. The lowest BCUT2D eigenvalue weighted by Gasteiger charge is -2.14. The molecule has 2 heteroatoms. The summed E-state index contributed by atoms with van der Waals surface area (Å²) >= 11 is 0. The highest BCUT2D eigenvalue weighted by Crippen LogP contribution is 2.29. The van der Waals surface area contributed by atoms with Crippen LogP contribution in [0.2, 0.25) is 0 Å². The molecule has 2 N–H and O–H groups in total. The van der Waals surface area contributed by atoms with E-state index in [4.69, 9.17) is 10.5 Å². The lowest BCUT2D eigenvalue weighted by molar-refractivity contribution is 0.276. The van der Waals surface area contributed by atoms with Crippen molar-refractivity contribution in [2.75, 3.05) is 12.3 Å². The average molecular weight is 233 g/mol. The number of ether oxygens (including phenoxy) is 1. The van der Waals surface area contributed by atoms with Crippen molar-refractivity contribution in [2.24, 2.45) is 5.92 Å². The standard InChI is InChI=1S/C15H23NO/c1-11-9-14(16)10-12(2)15(11)17-8-7-13-5-3-4-6-13/h9-10,13H,3-8,16H2,1-2H3. The summed E-state index contributed by atoms with van der Waals surface area (Å²) in [5.41, 5.74) is 8.92. The summed E-state index contributed by atoms with van der Waals surface area (Å²) in [4.78, 5) is 0. The van der Waals surface area contributed by atoms with Crippen molar-refractivity contribution in [3.8, 4) is 5.75 Å². The molecule has 1 aromatic rings. The van der Waals surface area contributed by atoms with Crippen molar-refractivity contribution in [3.05, 3.63) is 23.3 Å². The van der Waals surface area contributed by atoms with Gasteiger partial charge in [0, 0.05) is 5.69 Å². The molecule has 1 saturated carbocycles. The lowest BCUT2D eigenvalue weighted by Crippen LogP contribution is -2.06. The summed E-state index contributed by atoms with van der Waals surface area (Å²) in [7, 11) is 0. The van der Waals surface area contributed by atoms with Crippen LogP contribution in [0.5, 0.6) is 5.75 Å². The van der Waals surface area contributed by atoms with Crippen molar-refractivity contribution in [1.29, 1.82) is 0 Å². The highest BCUT2D eigenvalue weighted by molar-refractivity contribution is 5.52. The molecule has 0 bridgehead atoms. The predicted octanol–water partition coefficient (Wildman–Crippen LogP) is 3.84. The van der Waals surface area contributed by atoms with Crippen LogP contribution in [0.25, 0.3) is 0 Å². The van der Waals surface area contributed by atoms with Gasteiger partial charge >= 0.3 is 0 Å². The van der Waals surface area contributed by atoms with Crippen LogP contribution in [-0.4, -0.2) is 6.61 Å². The van der Waals surface area contributed by atoms with Gasteiger partial charge in [-0.2, -0.15) is 0 Å². The number of nitrogens with two attached hydrogens (primary N) is 1. The Morgan fingerprint density at radius 1 is 1.18 bits per heavy atom. The van der Waals surface area contributed by atoms with E-state index in [0.717, 1.165) is 35.1 Å². The third-order valence-corrected chi connectivity index (χ3v) is 3.73. The Labute approximate surface area is 104 Å². The smallest absolute Gasteiger partial charge is 0.125 e. The predicted molar refractivity (Wildman–Crippen MR) is 72.4 cm³/mol. The Morgan fingerprint density at radius 3 is 2.35 bits per heavy atom. The summed E-state index contributed by atoms with van der Waals surface area (Å²) in [6.07, 6.45) is 6.80. The van der Waals surface area contributed by atoms with E-state index < -0.39 is 0 Å². The van der Waals surface area contributed by atoms with E-state index in [2.05, 4.69) is 13.8 Å². The molecular formula is C15H23NO. The molecule has 0 atom stereocenters. The van der Waals surface area contributed by atoms with E-state index >= 15 is 0 Å². The highest BCUT2D eigenvalue weighted by Gasteiger charge is 2.15. The topological polar surface area (TPSA) is 35.2 Å². The highest BCUT2D eigenvalue weighted by atomic mass is 16.5. The molecule has 0 unspecified atom stereocenters. The summed E-state index contributed by atoms with van der Waals surface area (Å²) < 4.78 is 5.93. The second-order valence-electron chi connectivity index (χ2n) is 5.27. The van der Waals surface area contributed by atoms with Gasteiger partial charge in [-0.1, -0.05) is 25.7 Å². The van der Waals surface area contributed by atoms with Gasteiger partial charge in [-0.15, -0.1) is 0 Å². The number of nitrogen functional groups attached to an aromatic ring is 1. The fourth-order valence-electron chi connectivity index (χ4n) is 2.84. The molecule has 0 aliphatic heterocycles. The van der Waals surface area contributed by atoms with Crippen LogP contribution in [0.3, 0.4) is 0 Å². The van der Waals surface area contributed by atoms with Gasteiger partial charge in [0.2, 0.25) is 0 Å². The molecule has 0 spiro atoms. The fourth-order valence-corrected chi connectivity index (χ4v) is 2.84. The van der Waals surface area contributed by atoms with Crippen molar-refractivity contribution in [2.45, 2.75) is 46.0 Å². The van der Waals surface area contributed by atoms with Gasteiger partial charge in [0.05, 0.1) is 6.61 Å². The maximum atomic E-state index is 5.93. The fraction of sp³-hybridized carbons (Fsp3) is 0.600. The van der Waals surface area contributed by atoms with E-state index in [9.17, 15) is 0 Å². The molecular weight excluding hydrogens is 210 g/mol. The second-order valence-corrected chi connectivity index (χ2v) is 5.27. The number of rotatable bonds is 4. The van der Waals surface area contributed by atoms with Crippen LogP contribution in [-0.2, 0) is 0 Å². The van der Waals surface area contributed by atoms with Crippen molar-refractivity contribution >= 4 is 5.69 Å². The van der Waals surface area contributed by atoms with Crippen LogP contribution in [0, 0.1) is 19.8 Å². The third kappa shape index (κ3) is 3.15. The zero-order valence-corrected chi connectivity index (χ0v) is 11.0. The Bertz CT molecular complexity index is 358. The summed E-state index contributed by atoms with van der Waals surface area (Å²) in [6, 6.07) is 3.97. The Morgan fingerprint density at radius 2 is 1.76 bits per heavy atom. The number of aryl methyl sites for hydroxylation is 2. The van der Waals surface area contributed by atoms with Crippen molar-refractivity contribution < 1.29 is 4.74 Å². The molecule has 1 fully saturated rings. The van der Waals surface area contributed by atoms with Gasteiger partial charge < -0.3 is 10.5 Å². The van der Waals surface area contributed by atoms with E-state index in [0.29, 0.717) is 0 Å². The molecule has 94 valence electrons. The SMILES string of the molecule is Cc1cc(N)cc(C)c1OCCC1CCCC1. The second kappa shape index (κ2) is 5.44. The minimum Gasteiger partial charge on any atom is -0.493 e. The molecule has 0 amide bonds. The molecule has 17 heavy (non-hydrogen) atoms. The normalized spacial score (nSPS) is 16.4. The van der Waals surface area contributed by atoms with Gasteiger partial charge in [-0.25, -0.2) is 0 Å². The number of hydrogen-bond donors (Lipinski definition) is 1. The molecule has 2 nitrogen and oxygen atoms in total. The minimum atomic E-state index is 0.822. The first kappa shape index (κ1) is 12.3. The van der Waals surface area contributed by atoms with Crippen LogP contribution in [0.4, 0.5) is 5.69 Å². The third-order valence-electron chi connectivity index (χ3n) is 3.73. The molecule has 0 heterocycles. The molecule has 0 radical (unpaired) electrons. The largest absolute Gasteiger partial charge is 0.493 e. The molecule has 1 aliphatic rings. The van der Waals surface area contributed by atoms with Crippen molar-refractivity contribution in [3.63, 3.8) is 0 Å².